The number of aryl methyl sites for hydroxylation is 1. The van der Waals surface area contributed by atoms with Crippen molar-refractivity contribution in [2.24, 2.45) is 5.10 Å². The Bertz CT molecular complexity index is 1720. The molecule has 1 amide bonds. The molecule has 0 bridgehead atoms. The highest BCUT2D eigenvalue weighted by molar-refractivity contribution is 7.92. The van der Waals surface area contributed by atoms with Gasteiger partial charge in [0.2, 0.25) is 0 Å². The Balaban J connectivity index is 1.61. The van der Waals surface area contributed by atoms with E-state index < -0.39 is 33.1 Å². The number of hydrogen-bond donors (Lipinski definition) is 1. The van der Waals surface area contributed by atoms with E-state index in [1.54, 1.807) is 18.2 Å². The molecule has 3 aromatic carbocycles. The second-order valence-electron chi connectivity index (χ2n) is 8.60. The Morgan fingerprint density at radius 3 is 2.42 bits per heavy atom. The minimum atomic E-state index is -4.34. The number of nitrogens with zero attached hydrogens (tertiary/aromatic N) is 4. The molecule has 0 fully saturated rings. The number of para-hydroxylation sites is 2. The third kappa shape index (κ3) is 5.86. The molecule has 0 saturated carbocycles. The average molecular weight is 600 g/mol. The van der Waals surface area contributed by atoms with E-state index in [9.17, 15) is 23.3 Å². The zero-order valence-electron chi connectivity index (χ0n) is 21.3. The quantitative estimate of drug-likeness (QED) is 0.151. The zero-order valence-corrected chi connectivity index (χ0v) is 23.6. The van der Waals surface area contributed by atoms with E-state index in [0.717, 1.165) is 11.4 Å². The normalized spacial score (nSPS) is 11.5. The number of hydrogen-bond acceptors (Lipinski definition) is 6. The molecule has 0 aliphatic heterocycles. The molecular weight excluding hydrogens is 577 g/mol. The molecule has 206 valence electrons. The van der Waals surface area contributed by atoms with Crippen LogP contribution in [0.1, 0.15) is 17.0 Å². The number of carbonyl (C=O) groups excluding carboxylic acids is 1. The second kappa shape index (κ2) is 11.9. The lowest BCUT2D eigenvalue weighted by Crippen LogP contribution is -2.39. The van der Waals surface area contributed by atoms with E-state index in [0.29, 0.717) is 25.6 Å². The van der Waals surface area contributed by atoms with E-state index in [1.165, 1.54) is 54.7 Å². The number of carbonyl (C=O) groups is 1. The van der Waals surface area contributed by atoms with Crippen LogP contribution in [0.4, 0.5) is 11.4 Å². The van der Waals surface area contributed by atoms with Gasteiger partial charge in [0.15, 0.2) is 0 Å². The molecule has 13 heteroatoms. The minimum absolute atomic E-state index is 0.128. The molecule has 0 unspecified atom stereocenters. The number of amides is 1. The fourth-order valence-corrected chi connectivity index (χ4v) is 5.98. The predicted molar refractivity (Wildman–Crippen MR) is 155 cm³/mol. The molecule has 0 spiro atoms. The Morgan fingerprint density at radius 2 is 1.73 bits per heavy atom. The smallest absolute Gasteiger partial charge is 0.293 e. The molecule has 0 atom stereocenters. The second-order valence-corrected chi connectivity index (χ2v) is 11.2. The Morgan fingerprint density at radius 1 is 1.05 bits per heavy atom. The van der Waals surface area contributed by atoms with Crippen LogP contribution >= 0.6 is 23.2 Å². The summed E-state index contributed by atoms with van der Waals surface area (Å²) in [6, 6.07) is 19.8. The first-order chi connectivity index (χ1) is 19.0. The first-order valence-electron chi connectivity index (χ1n) is 11.8. The first-order valence-corrected chi connectivity index (χ1v) is 14.0. The first kappa shape index (κ1) is 28.8. The maximum Gasteiger partial charge on any atom is 0.293 e. The van der Waals surface area contributed by atoms with Crippen molar-refractivity contribution in [3.8, 4) is 5.69 Å². The highest BCUT2D eigenvalue weighted by Crippen LogP contribution is 2.33. The van der Waals surface area contributed by atoms with Gasteiger partial charge in [0.1, 0.15) is 12.2 Å². The van der Waals surface area contributed by atoms with Crippen LogP contribution in [0, 0.1) is 24.0 Å². The molecule has 40 heavy (non-hydrogen) atoms. The summed E-state index contributed by atoms with van der Waals surface area (Å²) < 4.78 is 29.5. The van der Waals surface area contributed by atoms with Crippen molar-refractivity contribution in [3.63, 3.8) is 0 Å². The van der Waals surface area contributed by atoms with Crippen molar-refractivity contribution in [2.75, 3.05) is 10.8 Å². The molecule has 0 radical (unpaired) electrons. The molecule has 1 heterocycles. The number of benzene rings is 3. The molecule has 1 N–H and O–H groups in total. The summed E-state index contributed by atoms with van der Waals surface area (Å²) in [6.45, 7) is 2.96. The lowest BCUT2D eigenvalue weighted by molar-refractivity contribution is -0.384. The average Bonchev–Trinajstić information content (AvgIpc) is 3.21. The molecule has 0 aliphatic rings. The van der Waals surface area contributed by atoms with Crippen LogP contribution in [-0.4, -0.2) is 36.6 Å². The molecular formula is C27H23Cl2N5O5S. The van der Waals surface area contributed by atoms with Gasteiger partial charge in [0.05, 0.1) is 31.8 Å². The van der Waals surface area contributed by atoms with Crippen molar-refractivity contribution in [3.05, 3.63) is 116 Å². The number of sulfonamides is 1. The Labute approximate surface area is 240 Å². The summed E-state index contributed by atoms with van der Waals surface area (Å²) in [5, 5.41) is 16.4. The van der Waals surface area contributed by atoms with Crippen molar-refractivity contribution in [2.45, 2.75) is 18.7 Å². The van der Waals surface area contributed by atoms with Crippen molar-refractivity contribution in [1.82, 2.24) is 9.99 Å². The van der Waals surface area contributed by atoms with Crippen molar-refractivity contribution in [1.29, 1.82) is 0 Å². The zero-order chi connectivity index (χ0) is 29.0. The standard InChI is InChI=1S/C27H23Cl2N5O5S/c1-18-15-20(19(2)33(18)25-14-8-11-22(28)27(25)29)16-30-31-26(35)17-32(23-12-6-7-13-24(23)34(36)37)40(38,39)21-9-4-3-5-10-21/h3-16H,17H2,1-2H3,(H,31,35)/b30-16-. The number of anilines is 1. The van der Waals surface area contributed by atoms with E-state index in [2.05, 4.69) is 10.5 Å². The molecule has 4 rings (SSSR count). The molecule has 4 aromatic rings. The SMILES string of the molecule is Cc1cc(/C=N\NC(=O)CN(c2ccccc2[N+](=O)[O-])S(=O)(=O)c2ccccc2)c(C)n1-c1cccc(Cl)c1Cl. The van der Waals surface area contributed by atoms with Crippen LogP contribution in [-0.2, 0) is 14.8 Å². The summed E-state index contributed by atoms with van der Waals surface area (Å²) in [5.74, 6) is -0.805. The van der Waals surface area contributed by atoms with E-state index in [4.69, 9.17) is 23.2 Å². The Kier molecular flexibility index (Phi) is 8.58. The van der Waals surface area contributed by atoms with Gasteiger partial charge in [-0.25, -0.2) is 18.1 Å². The highest BCUT2D eigenvalue weighted by atomic mass is 35.5. The van der Waals surface area contributed by atoms with Crippen LogP contribution < -0.4 is 9.73 Å². The van der Waals surface area contributed by atoms with Crippen LogP contribution in [0.3, 0.4) is 0 Å². The van der Waals surface area contributed by atoms with Gasteiger partial charge >= 0.3 is 0 Å². The van der Waals surface area contributed by atoms with Crippen molar-refractivity contribution >= 4 is 56.7 Å². The lowest BCUT2D eigenvalue weighted by atomic mass is 10.2. The minimum Gasteiger partial charge on any atom is -0.316 e. The number of halogens is 2. The summed E-state index contributed by atoms with van der Waals surface area (Å²) in [5.41, 5.74) is 4.56. The monoisotopic (exact) mass is 599 g/mol. The number of nitro benzene ring substituents is 1. The van der Waals surface area contributed by atoms with E-state index in [-0.39, 0.29) is 10.6 Å². The van der Waals surface area contributed by atoms with Crippen molar-refractivity contribution < 1.29 is 18.1 Å². The predicted octanol–water partition coefficient (Wildman–Crippen LogP) is 5.65. The van der Waals surface area contributed by atoms with E-state index in [1.807, 2.05) is 30.5 Å². The van der Waals surface area contributed by atoms with Gasteiger partial charge in [-0.3, -0.25) is 14.9 Å². The van der Waals surface area contributed by atoms with Crippen LogP contribution in [0.15, 0.2) is 88.9 Å². The molecule has 0 aliphatic carbocycles. The third-order valence-electron chi connectivity index (χ3n) is 6.00. The fourth-order valence-electron chi connectivity index (χ4n) is 4.14. The largest absolute Gasteiger partial charge is 0.316 e. The van der Waals surface area contributed by atoms with Crippen LogP contribution in [0.25, 0.3) is 5.69 Å². The third-order valence-corrected chi connectivity index (χ3v) is 8.58. The molecule has 10 nitrogen and oxygen atoms in total. The number of nitro groups is 1. The summed E-state index contributed by atoms with van der Waals surface area (Å²) in [7, 11) is -4.34. The van der Waals surface area contributed by atoms with Gasteiger partial charge in [0.25, 0.3) is 21.6 Å². The van der Waals surface area contributed by atoms with Gasteiger partial charge in [0, 0.05) is 23.0 Å². The van der Waals surface area contributed by atoms with Crippen LogP contribution in [0.2, 0.25) is 10.0 Å². The van der Waals surface area contributed by atoms with Gasteiger partial charge in [-0.15, -0.1) is 0 Å². The number of aromatic nitrogens is 1. The van der Waals surface area contributed by atoms with E-state index >= 15 is 0 Å². The van der Waals surface area contributed by atoms with Crippen LogP contribution in [0.5, 0.6) is 0 Å². The van der Waals surface area contributed by atoms with Gasteiger partial charge in [-0.05, 0) is 50.2 Å². The maximum atomic E-state index is 13.5. The van der Waals surface area contributed by atoms with Gasteiger partial charge in [-0.1, -0.05) is 59.6 Å². The number of rotatable bonds is 9. The summed E-state index contributed by atoms with van der Waals surface area (Å²) in [4.78, 5) is 23.7. The molecule has 1 aromatic heterocycles. The Hall–Kier alpha value is -4.19. The summed E-state index contributed by atoms with van der Waals surface area (Å²) in [6.07, 6.45) is 1.41. The van der Waals surface area contributed by atoms with Gasteiger partial charge < -0.3 is 4.57 Å². The number of hydrazone groups is 1. The molecule has 0 saturated heterocycles. The number of nitrogens with one attached hydrogen (secondary N) is 1. The highest BCUT2D eigenvalue weighted by Gasteiger charge is 2.31. The lowest BCUT2D eigenvalue weighted by Gasteiger charge is -2.23. The topological polar surface area (TPSA) is 127 Å². The van der Waals surface area contributed by atoms with Gasteiger partial charge in [-0.2, -0.15) is 5.10 Å². The maximum absolute atomic E-state index is 13.5. The summed E-state index contributed by atoms with van der Waals surface area (Å²) >= 11 is 12.6. The fraction of sp³-hybridized carbons (Fsp3) is 0.111.